The molecule has 2 rings (SSSR count). The first-order chi connectivity index (χ1) is 9.95. The zero-order valence-corrected chi connectivity index (χ0v) is 13.8. The molecule has 0 bridgehead atoms. The predicted molar refractivity (Wildman–Crippen MR) is 90.2 cm³/mol. The molecule has 21 heavy (non-hydrogen) atoms. The zero-order valence-electron chi connectivity index (χ0n) is 12.3. The Hall–Kier alpha value is -1.13. The van der Waals surface area contributed by atoms with E-state index >= 15 is 0 Å². The number of hydrogen-bond acceptors (Lipinski definition) is 2. The van der Waals surface area contributed by atoms with E-state index in [4.69, 9.17) is 29.6 Å². The Kier molecular flexibility index (Phi) is 5.22. The molecule has 1 amide bonds. The van der Waals surface area contributed by atoms with E-state index in [1.165, 1.54) is 0 Å². The van der Waals surface area contributed by atoms with E-state index in [-0.39, 0.29) is 5.91 Å². The average molecular weight is 325 g/mol. The van der Waals surface area contributed by atoms with E-state index in [0.717, 1.165) is 37.7 Å². The van der Waals surface area contributed by atoms with Crippen molar-refractivity contribution in [2.75, 3.05) is 7.05 Å². The van der Waals surface area contributed by atoms with E-state index in [9.17, 15) is 4.79 Å². The third kappa shape index (κ3) is 3.55. The number of rotatable bonds is 4. The average Bonchev–Trinajstić information content (AvgIpc) is 2.49. The van der Waals surface area contributed by atoms with Crippen LogP contribution in [0.15, 0.2) is 24.3 Å². The monoisotopic (exact) mass is 324 g/mol. The van der Waals surface area contributed by atoms with Gasteiger partial charge >= 0.3 is 0 Å². The predicted octanol–water partition coefficient (Wildman–Crippen LogP) is 3.54. The summed E-state index contributed by atoms with van der Waals surface area (Å²) < 4.78 is 0. The zero-order chi connectivity index (χ0) is 15.5. The fourth-order valence-electron chi connectivity index (χ4n) is 3.02. The first kappa shape index (κ1) is 16.2. The summed E-state index contributed by atoms with van der Waals surface area (Å²) in [5, 5.41) is 0.694. The molecule has 0 saturated heterocycles. The summed E-state index contributed by atoms with van der Waals surface area (Å²) in [5.41, 5.74) is 6.32. The maximum atomic E-state index is 12.9. The lowest BCUT2D eigenvalue weighted by Gasteiger charge is -2.37. The van der Waals surface area contributed by atoms with Gasteiger partial charge in [-0.1, -0.05) is 55.2 Å². The standard InChI is InChI=1S/C16H21ClN2OS/c1-19(11-12-5-7-13(17)8-6-12)15(20)16(14(18)21)9-3-2-4-10-16/h5-8H,2-4,9-11H2,1H3,(H2,18,21). The van der Waals surface area contributed by atoms with Crippen LogP contribution >= 0.6 is 23.8 Å². The van der Waals surface area contributed by atoms with Gasteiger partial charge in [-0.25, -0.2) is 0 Å². The highest BCUT2D eigenvalue weighted by molar-refractivity contribution is 7.80. The van der Waals surface area contributed by atoms with E-state index < -0.39 is 5.41 Å². The molecule has 3 nitrogen and oxygen atoms in total. The van der Waals surface area contributed by atoms with Crippen molar-refractivity contribution in [2.24, 2.45) is 11.1 Å². The van der Waals surface area contributed by atoms with Crippen LogP contribution in [0.25, 0.3) is 0 Å². The van der Waals surface area contributed by atoms with Crippen LogP contribution in [0.5, 0.6) is 0 Å². The van der Waals surface area contributed by atoms with Gasteiger partial charge in [-0.15, -0.1) is 0 Å². The molecule has 0 spiro atoms. The summed E-state index contributed by atoms with van der Waals surface area (Å²) >= 11 is 11.1. The molecule has 1 aromatic rings. The maximum Gasteiger partial charge on any atom is 0.235 e. The molecule has 1 aliphatic carbocycles. The molecule has 5 heteroatoms. The van der Waals surface area contributed by atoms with Gasteiger partial charge in [0, 0.05) is 18.6 Å². The third-order valence-corrected chi connectivity index (χ3v) is 4.91. The highest BCUT2D eigenvalue weighted by Crippen LogP contribution is 2.38. The van der Waals surface area contributed by atoms with E-state index in [2.05, 4.69) is 0 Å². The molecule has 0 atom stereocenters. The van der Waals surface area contributed by atoms with Gasteiger partial charge in [-0.2, -0.15) is 0 Å². The number of amides is 1. The van der Waals surface area contributed by atoms with Crippen LogP contribution in [0.3, 0.4) is 0 Å². The molecule has 0 unspecified atom stereocenters. The fraction of sp³-hybridized carbons (Fsp3) is 0.500. The van der Waals surface area contributed by atoms with Crippen LogP contribution in [0.2, 0.25) is 5.02 Å². The van der Waals surface area contributed by atoms with Crippen molar-refractivity contribution >= 4 is 34.7 Å². The van der Waals surface area contributed by atoms with Crippen LogP contribution in [0.4, 0.5) is 0 Å². The molecular formula is C16H21ClN2OS. The first-order valence-corrected chi connectivity index (χ1v) is 8.04. The first-order valence-electron chi connectivity index (χ1n) is 7.25. The lowest BCUT2D eigenvalue weighted by molar-refractivity contribution is -0.138. The van der Waals surface area contributed by atoms with Gasteiger partial charge in [0.15, 0.2) is 0 Å². The minimum atomic E-state index is -0.644. The molecule has 1 aromatic carbocycles. The minimum absolute atomic E-state index is 0.0460. The Bertz CT molecular complexity index is 524. The van der Waals surface area contributed by atoms with Crippen LogP contribution in [0.1, 0.15) is 37.7 Å². The summed E-state index contributed by atoms with van der Waals surface area (Å²) in [6.07, 6.45) is 4.71. The highest BCUT2D eigenvalue weighted by Gasteiger charge is 2.43. The summed E-state index contributed by atoms with van der Waals surface area (Å²) in [4.78, 5) is 14.9. The topological polar surface area (TPSA) is 46.3 Å². The van der Waals surface area contributed by atoms with E-state index in [1.54, 1.807) is 4.90 Å². The molecule has 0 radical (unpaired) electrons. The van der Waals surface area contributed by atoms with Crippen molar-refractivity contribution in [1.82, 2.24) is 4.90 Å². The maximum absolute atomic E-state index is 12.9. The number of hydrogen-bond donors (Lipinski definition) is 1. The van der Waals surface area contributed by atoms with Crippen molar-refractivity contribution < 1.29 is 4.79 Å². The molecule has 1 fully saturated rings. The third-order valence-electron chi connectivity index (χ3n) is 4.27. The Labute approximate surface area is 136 Å². The van der Waals surface area contributed by atoms with Gasteiger partial charge in [0.05, 0.1) is 10.4 Å². The van der Waals surface area contributed by atoms with Crippen LogP contribution in [-0.4, -0.2) is 22.8 Å². The second-order valence-electron chi connectivity index (χ2n) is 5.79. The van der Waals surface area contributed by atoms with E-state index in [1.807, 2.05) is 31.3 Å². The molecule has 0 aromatic heterocycles. The summed E-state index contributed by atoms with van der Waals surface area (Å²) in [5.74, 6) is 0.0460. The summed E-state index contributed by atoms with van der Waals surface area (Å²) in [7, 11) is 1.81. The quantitative estimate of drug-likeness (QED) is 0.862. The Morgan fingerprint density at radius 1 is 1.29 bits per heavy atom. The summed E-state index contributed by atoms with van der Waals surface area (Å²) in [6, 6.07) is 7.53. The van der Waals surface area contributed by atoms with Gasteiger partial charge < -0.3 is 10.6 Å². The number of benzene rings is 1. The molecule has 0 aliphatic heterocycles. The number of carbonyl (C=O) groups excluding carboxylic acids is 1. The number of nitrogens with two attached hydrogens (primary N) is 1. The molecular weight excluding hydrogens is 304 g/mol. The second kappa shape index (κ2) is 6.75. The Morgan fingerprint density at radius 2 is 1.86 bits per heavy atom. The fourth-order valence-corrected chi connectivity index (χ4v) is 3.44. The van der Waals surface area contributed by atoms with Crippen LogP contribution < -0.4 is 5.73 Å². The molecule has 1 saturated carbocycles. The van der Waals surface area contributed by atoms with Crippen molar-refractivity contribution in [3.63, 3.8) is 0 Å². The van der Waals surface area contributed by atoms with Crippen molar-refractivity contribution in [3.05, 3.63) is 34.9 Å². The lowest BCUT2D eigenvalue weighted by Crippen LogP contribution is -2.50. The van der Waals surface area contributed by atoms with Gasteiger partial charge in [0.1, 0.15) is 0 Å². The van der Waals surface area contributed by atoms with Gasteiger partial charge in [0.25, 0.3) is 0 Å². The summed E-state index contributed by atoms with van der Waals surface area (Å²) in [6.45, 7) is 0.542. The minimum Gasteiger partial charge on any atom is -0.392 e. The smallest absolute Gasteiger partial charge is 0.235 e. The Morgan fingerprint density at radius 3 is 2.38 bits per heavy atom. The number of nitrogens with zero attached hydrogens (tertiary/aromatic N) is 1. The SMILES string of the molecule is CN(Cc1ccc(Cl)cc1)C(=O)C1(C(N)=S)CCCCC1. The van der Waals surface area contributed by atoms with E-state index in [0.29, 0.717) is 16.6 Å². The van der Waals surface area contributed by atoms with Gasteiger partial charge in [-0.3, -0.25) is 4.79 Å². The molecule has 114 valence electrons. The number of carbonyl (C=O) groups is 1. The number of thiocarbonyl (C=S) groups is 1. The Balaban J connectivity index is 2.13. The van der Waals surface area contributed by atoms with Crippen LogP contribution in [-0.2, 0) is 11.3 Å². The largest absolute Gasteiger partial charge is 0.392 e. The highest BCUT2D eigenvalue weighted by atomic mass is 35.5. The second-order valence-corrected chi connectivity index (χ2v) is 6.67. The van der Waals surface area contributed by atoms with Crippen LogP contribution in [0, 0.1) is 5.41 Å². The van der Waals surface area contributed by atoms with Crippen molar-refractivity contribution in [1.29, 1.82) is 0 Å². The lowest BCUT2D eigenvalue weighted by atomic mass is 9.73. The van der Waals surface area contributed by atoms with Crippen molar-refractivity contribution in [2.45, 2.75) is 38.6 Å². The van der Waals surface area contributed by atoms with Gasteiger partial charge in [0.2, 0.25) is 5.91 Å². The van der Waals surface area contributed by atoms with Crippen molar-refractivity contribution in [3.8, 4) is 0 Å². The normalized spacial score (nSPS) is 17.2. The molecule has 2 N–H and O–H groups in total. The molecule has 0 heterocycles. The number of halogens is 1. The van der Waals surface area contributed by atoms with Gasteiger partial charge in [-0.05, 0) is 30.5 Å². The molecule has 1 aliphatic rings.